The summed E-state index contributed by atoms with van der Waals surface area (Å²) >= 11 is 0. The van der Waals surface area contributed by atoms with Crippen molar-refractivity contribution in [1.29, 1.82) is 5.26 Å². The number of pyridine rings is 1. The quantitative estimate of drug-likeness (QED) is 0.594. The van der Waals surface area contributed by atoms with Gasteiger partial charge >= 0.3 is 5.97 Å². The van der Waals surface area contributed by atoms with E-state index in [2.05, 4.69) is 10.3 Å². The highest BCUT2D eigenvalue weighted by Crippen LogP contribution is 2.15. The van der Waals surface area contributed by atoms with Crippen LogP contribution in [0.15, 0.2) is 29.1 Å². The summed E-state index contributed by atoms with van der Waals surface area (Å²) in [6.07, 6.45) is 0.0499. The fourth-order valence-electron chi connectivity index (χ4n) is 3.22. The van der Waals surface area contributed by atoms with Crippen molar-refractivity contribution in [3.05, 3.63) is 62.6 Å². The zero-order valence-corrected chi connectivity index (χ0v) is 18.2. The molecule has 8 nitrogen and oxygen atoms in total. The summed E-state index contributed by atoms with van der Waals surface area (Å²) < 4.78 is 10.3. The number of ether oxygens (including phenoxy) is 2. The lowest BCUT2D eigenvalue weighted by Gasteiger charge is -2.14. The number of nitrogens with one attached hydrogen (secondary N) is 2. The lowest BCUT2D eigenvalue weighted by Crippen LogP contribution is -2.37. The molecule has 164 valence electrons. The number of nitriles is 1. The van der Waals surface area contributed by atoms with E-state index in [0.717, 1.165) is 16.9 Å². The van der Waals surface area contributed by atoms with Crippen LogP contribution in [0.1, 0.15) is 41.3 Å². The Bertz CT molecular complexity index is 1030. The molecule has 1 amide bonds. The average molecular weight is 425 g/mol. The third-order valence-corrected chi connectivity index (χ3v) is 5.05. The number of aryl methyl sites for hydroxylation is 1. The molecule has 1 heterocycles. The summed E-state index contributed by atoms with van der Waals surface area (Å²) in [6.45, 7) is 5.33. The number of amides is 1. The highest BCUT2D eigenvalue weighted by atomic mass is 16.5. The first kappa shape index (κ1) is 23.7. The summed E-state index contributed by atoms with van der Waals surface area (Å²) in [5.74, 6) is -0.129. The molecule has 0 fully saturated rings. The Kier molecular flexibility index (Phi) is 8.38. The van der Waals surface area contributed by atoms with Crippen LogP contribution in [-0.2, 0) is 27.2 Å². The van der Waals surface area contributed by atoms with Crippen LogP contribution in [0.4, 0.5) is 0 Å². The van der Waals surface area contributed by atoms with Gasteiger partial charge in [-0.2, -0.15) is 5.26 Å². The first-order valence-corrected chi connectivity index (χ1v) is 9.99. The monoisotopic (exact) mass is 425 g/mol. The van der Waals surface area contributed by atoms with Gasteiger partial charge in [0.1, 0.15) is 17.4 Å². The second kappa shape index (κ2) is 11.0. The van der Waals surface area contributed by atoms with Crippen molar-refractivity contribution in [2.24, 2.45) is 0 Å². The van der Waals surface area contributed by atoms with Crippen molar-refractivity contribution >= 4 is 11.9 Å². The van der Waals surface area contributed by atoms with Crippen molar-refractivity contribution in [3.8, 4) is 11.8 Å². The van der Waals surface area contributed by atoms with Crippen LogP contribution in [0.2, 0.25) is 0 Å². The van der Waals surface area contributed by atoms with Gasteiger partial charge in [0.15, 0.2) is 6.10 Å². The molecule has 2 N–H and O–H groups in total. The summed E-state index contributed by atoms with van der Waals surface area (Å²) in [7, 11) is 1.60. The van der Waals surface area contributed by atoms with Gasteiger partial charge in [0, 0.05) is 18.7 Å². The third-order valence-electron chi connectivity index (χ3n) is 5.05. The Morgan fingerprint density at radius 3 is 2.48 bits per heavy atom. The minimum atomic E-state index is -0.921. The van der Waals surface area contributed by atoms with Crippen molar-refractivity contribution < 1.29 is 19.1 Å². The molecule has 31 heavy (non-hydrogen) atoms. The van der Waals surface area contributed by atoms with Gasteiger partial charge in [0.05, 0.1) is 7.11 Å². The molecule has 1 aromatic carbocycles. The normalized spacial score (nSPS) is 11.3. The topological polar surface area (TPSA) is 121 Å². The van der Waals surface area contributed by atoms with E-state index in [-0.39, 0.29) is 17.9 Å². The van der Waals surface area contributed by atoms with Crippen molar-refractivity contribution in [3.63, 3.8) is 0 Å². The number of nitrogens with zero attached hydrogens (tertiary/aromatic N) is 1. The van der Waals surface area contributed by atoms with E-state index < -0.39 is 17.6 Å². The van der Waals surface area contributed by atoms with Gasteiger partial charge in [0.2, 0.25) is 0 Å². The molecule has 0 aliphatic heterocycles. The number of hydrogen-bond donors (Lipinski definition) is 2. The lowest BCUT2D eigenvalue weighted by atomic mass is 9.99. The van der Waals surface area contributed by atoms with Crippen molar-refractivity contribution in [1.82, 2.24) is 10.3 Å². The fraction of sp³-hybridized carbons (Fsp3) is 0.391. The van der Waals surface area contributed by atoms with Crippen LogP contribution < -0.4 is 15.6 Å². The number of carbonyl (C=O) groups is 2. The van der Waals surface area contributed by atoms with E-state index in [1.807, 2.05) is 30.3 Å². The first-order valence-electron chi connectivity index (χ1n) is 9.99. The van der Waals surface area contributed by atoms with Gasteiger partial charge in [-0.3, -0.25) is 14.4 Å². The predicted molar refractivity (Wildman–Crippen MR) is 115 cm³/mol. The standard InChI is InChI=1S/C23H27N3O5/c1-14-19(15(2)26-23(29)20(14)13-24)9-10-21(27)31-16(3)22(28)25-12-11-17-5-7-18(30-4)8-6-17/h5-8,16H,9-12H2,1-4H3,(H,25,28)(H,26,29)/t16-/m1/s1. The molecule has 0 aliphatic rings. The summed E-state index contributed by atoms with van der Waals surface area (Å²) in [5.41, 5.74) is 2.54. The van der Waals surface area contributed by atoms with E-state index in [1.54, 1.807) is 21.0 Å². The number of benzene rings is 1. The number of aromatic nitrogens is 1. The molecular weight excluding hydrogens is 398 g/mol. The predicted octanol–water partition coefficient (Wildman–Crippen LogP) is 2.10. The summed E-state index contributed by atoms with van der Waals surface area (Å²) in [5, 5.41) is 11.9. The lowest BCUT2D eigenvalue weighted by molar-refractivity contribution is -0.154. The smallest absolute Gasteiger partial charge is 0.306 e. The fourth-order valence-corrected chi connectivity index (χ4v) is 3.22. The average Bonchev–Trinajstić information content (AvgIpc) is 2.74. The van der Waals surface area contributed by atoms with Gasteiger partial charge in [-0.1, -0.05) is 12.1 Å². The number of H-pyrrole nitrogens is 1. The van der Waals surface area contributed by atoms with Crippen LogP contribution in [-0.4, -0.2) is 36.6 Å². The Morgan fingerprint density at radius 1 is 1.19 bits per heavy atom. The molecule has 2 aromatic rings. The van der Waals surface area contributed by atoms with Gasteiger partial charge in [-0.15, -0.1) is 0 Å². The molecule has 2 rings (SSSR count). The molecule has 0 unspecified atom stereocenters. The number of esters is 1. The number of hydrogen-bond acceptors (Lipinski definition) is 6. The largest absolute Gasteiger partial charge is 0.497 e. The zero-order chi connectivity index (χ0) is 23.0. The van der Waals surface area contributed by atoms with E-state index >= 15 is 0 Å². The number of carbonyl (C=O) groups excluding carboxylic acids is 2. The highest BCUT2D eigenvalue weighted by molar-refractivity contribution is 5.83. The Balaban J connectivity index is 1.82. The second-order valence-electron chi connectivity index (χ2n) is 7.19. The third kappa shape index (κ3) is 6.44. The molecular formula is C23H27N3O5. The highest BCUT2D eigenvalue weighted by Gasteiger charge is 2.19. The molecule has 0 saturated carbocycles. The van der Waals surface area contributed by atoms with E-state index in [0.29, 0.717) is 30.6 Å². The maximum Gasteiger partial charge on any atom is 0.306 e. The van der Waals surface area contributed by atoms with E-state index in [4.69, 9.17) is 14.7 Å². The molecule has 8 heteroatoms. The van der Waals surface area contributed by atoms with Crippen molar-refractivity contribution in [2.45, 2.75) is 46.1 Å². The minimum absolute atomic E-state index is 0.0298. The second-order valence-corrected chi connectivity index (χ2v) is 7.19. The van der Waals surface area contributed by atoms with Crippen LogP contribution in [0, 0.1) is 25.2 Å². The number of rotatable bonds is 9. The van der Waals surface area contributed by atoms with Gasteiger partial charge in [-0.25, -0.2) is 0 Å². The van der Waals surface area contributed by atoms with Crippen LogP contribution in [0.3, 0.4) is 0 Å². The number of aromatic amines is 1. The minimum Gasteiger partial charge on any atom is -0.497 e. The SMILES string of the molecule is COc1ccc(CCNC(=O)[C@@H](C)OC(=O)CCc2c(C)[nH]c(=O)c(C#N)c2C)cc1. The molecule has 1 aromatic heterocycles. The van der Waals surface area contributed by atoms with Crippen LogP contribution >= 0.6 is 0 Å². The summed E-state index contributed by atoms with van der Waals surface area (Å²) in [6, 6.07) is 9.44. The van der Waals surface area contributed by atoms with Crippen molar-refractivity contribution in [2.75, 3.05) is 13.7 Å². The molecule has 0 saturated heterocycles. The van der Waals surface area contributed by atoms with E-state index in [1.165, 1.54) is 6.92 Å². The molecule has 0 radical (unpaired) electrons. The first-order chi connectivity index (χ1) is 14.8. The molecule has 0 spiro atoms. The Morgan fingerprint density at radius 2 is 1.87 bits per heavy atom. The van der Waals surface area contributed by atoms with Crippen LogP contribution in [0.25, 0.3) is 0 Å². The molecule has 0 aliphatic carbocycles. The van der Waals surface area contributed by atoms with Crippen LogP contribution in [0.5, 0.6) is 5.75 Å². The van der Waals surface area contributed by atoms with Gasteiger partial charge in [-0.05, 0) is 62.4 Å². The van der Waals surface area contributed by atoms with E-state index in [9.17, 15) is 14.4 Å². The summed E-state index contributed by atoms with van der Waals surface area (Å²) in [4.78, 5) is 38.8. The zero-order valence-electron chi connectivity index (χ0n) is 18.2. The van der Waals surface area contributed by atoms with Gasteiger partial charge in [0.25, 0.3) is 11.5 Å². The maximum absolute atomic E-state index is 12.2. The Labute approximate surface area is 181 Å². The molecule has 1 atom stereocenters. The number of methoxy groups -OCH3 is 1. The maximum atomic E-state index is 12.2. The van der Waals surface area contributed by atoms with Gasteiger partial charge < -0.3 is 19.8 Å². The molecule has 0 bridgehead atoms. The Hall–Kier alpha value is -3.60.